The van der Waals surface area contributed by atoms with Gasteiger partial charge in [-0.15, -0.1) is 0 Å². The summed E-state index contributed by atoms with van der Waals surface area (Å²) in [5.41, 5.74) is 3.14. The standard InChI is InChI=1S/C13H10N4/c1-2-4-10(5-3-1)11-6-12(8-14-7-11)13-15-9-16-17-13/h1-9H,(H,15,16,17). The number of hydrogen-bond acceptors (Lipinski definition) is 3. The van der Waals surface area contributed by atoms with Gasteiger partial charge in [0.05, 0.1) is 0 Å². The fourth-order valence-corrected chi connectivity index (χ4v) is 1.70. The smallest absolute Gasteiger partial charge is 0.157 e. The fraction of sp³-hybridized carbons (Fsp3) is 0. The number of nitrogens with zero attached hydrogens (tertiary/aromatic N) is 3. The third-order valence-electron chi connectivity index (χ3n) is 2.53. The maximum absolute atomic E-state index is 4.23. The molecule has 4 heteroatoms. The Hall–Kier alpha value is -2.49. The van der Waals surface area contributed by atoms with E-state index in [1.807, 2.05) is 30.5 Å². The molecule has 0 unspecified atom stereocenters. The fourth-order valence-electron chi connectivity index (χ4n) is 1.70. The Morgan fingerprint density at radius 2 is 1.71 bits per heavy atom. The molecular formula is C13H10N4. The van der Waals surface area contributed by atoms with Gasteiger partial charge in [-0.25, -0.2) is 4.98 Å². The zero-order chi connectivity index (χ0) is 11.5. The molecule has 4 nitrogen and oxygen atoms in total. The Balaban J connectivity index is 2.06. The average Bonchev–Trinajstić information content (AvgIpc) is 2.94. The molecule has 82 valence electrons. The first kappa shape index (κ1) is 9.72. The minimum absolute atomic E-state index is 0.732. The molecular weight excluding hydrogens is 212 g/mol. The van der Waals surface area contributed by atoms with Crippen molar-refractivity contribution in [2.45, 2.75) is 0 Å². The summed E-state index contributed by atoms with van der Waals surface area (Å²) < 4.78 is 0. The van der Waals surface area contributed by atoms with Gasteiger partial charge < -0.3 is 0 Å². The monoisotopic (exact) mass is 222 g/mol. The summed E-state index contributed by atoms with van der Waals surface area (Å²) in [6.07, 6.45) is 5.10. The zero-order valence-electron chi connectivity index (χ0n) is 9.04. The lowest BCUT2D eigenvalue weighted by Gasteiger charge is -2.02. The SMILES string of the molecule is c1ccc(-c2cncc(-c3ncn[nH]3)c2)cc1. The quantitative estimate of drug-likeness (QED) is 0.724. The van der Waals surface area contributed by atoms with E-state index in [0.29, 0.717) is 0 Å². The van der Waals surface area contributed by atoms with Gasteiger partial charge in [-0.1, -0.05) is 30.3 Å². The molecule has 0 aliphatic heterocycles. The third kappa shape index (κ3) is 1.92. The lowest BCUT2D eigenvalue weighted by Crippen LogP contribution is -1.85. The molecule has 2 aromatic heterocycles. The van der Waals surface area contributed by atoms with E-state index in [0.717, 1.165) is 22.5 Å². The second-order valence-electron chi connectivity index (χ2n) is 3.66. The first-order chi connectivity index (χ1) is 8.43. The van der Waals surface area contributed by atoms with Gasteiger partial charge in [-0.05, 0) is 11.6 Å². The van der Waals surface area contributed by atoms with Crippen LogP contribution < -0.4 is 0 Å². The first-order valence-corrected chi connectivity index (χ1v) is 5.30. The first-order valence-electron chi connectivity index (χ1n) is 5.30. The van der Waals surface area contributed by atoms with Gasteiger partial charge >= 0.3 is 0 Å². The van der Waals surface area contributed by atoms with Crippen molar-refractivity contribution in [3.63, 3.8) is 0 Å². The van der Waals surface area contributed by atoms with Crippen LogP contribution in [0.2, 0.25) is 0 Å². The predicted molar refractivity (Wildman–Crippen MR) is 65.0 cm³/mol. The van der Waals surface area contributed by atoms with E-state index >= 15 is 0 Å². The minimum atomic E-state index is 0.732. The lowest BCUT2D eigenvalue weighted by atomic mass is 10.1. The number of rotatable bonds is 2. The van der Waals surface area contributed by atoms with Crippen LogP contribution in [0.25, 0.3) is 22.5 Å². The van der Waals surface area contributed by atoms with Crippen molar-refractivity contribution in [1.29, 1.82) is 0 Å². The van der Waals surface area contributed by atoms with Gasteiger partial charge in [-0.3, -0.25) is 10.1 Å². The molecule has 1 aromatic carbocycles. The Kier molecular flexibility index (Phi) is 2.38. The Labute approximate surface area is 98.4 Å². The van der Waals surface area contributed by atoms with Crippen LogP contribution in [0.1, 0.15) is 0 Å². The molecule has 3 rings (SSSR count). The van der Waals surface area contributed by atoms with E-state index < -0.39 is 0 Å². The van der Waals surface area contributed by atoms with Gasteiger partial charge in [0.15, 0.2) is 5.82 Å². The van der Waals surface area contributed by atoms with E-state index in [-0.39, 0.29) is 0 Å². The van der Waals surface area contributed by atoms with Crippen LogP contribution in [0.4, 0.5) is 0 Å². The van der Waals surface area contributed by atoms with Crippen LogP contribution in [0.15, 0.2) is 55.1 Å². The average molecular weight is 222 g/mol. The molecule has 0 radical (unpaired) electrons. The molecule has 0 saturated carbocycles. The van der Waals surface area contributed by atoms with Crippen molar-refractivity contribution < 1.29 is 0 Å². The molecule has 17 heavy (non-hydrogen) atoms. The summed E-state index contributed by atoms with van der Waals surface area (Å²) in [5, 5.41) is 6.67. The highest BCUT2D eigenvalue weighted by Crippen LogP contribution is 2.22. The van der Waals surface area contributed by atoms with Crippen LogP contribution in [0.5, 0.6) is 0 Å². The van der Waals surface area contributed by atoms with Gasteiger partial charge in [-0.2, -0.15) is 5.10 Å². The number of aromatic nitrogens is 4. The molecule has 0 amide bonds. The maximum atomic E-state index is 4.23. The van der Waals surface area contributed by atoms with Crippen LogP contribution in [-0.2, 0) is 0 Å². The summed E-state index contributed by atoms with van der Waals surface area (Å²) in [6.45, 7) is 0. The molecule has 2 heterocycles. The van der Waals surface area contributed by atoms with Crippen molar-refractivity contribution in [2.75, 3.05) is 0 Å². The molecule has 0 atom stereocenters. The third-order valence-corrected chi connectivity index (χ3v) is 2.53. The maximum Gasteiger partial charge on any atom is 0.157 e. The topological polar surface area (TPSA) is 54.5 Å². The summed E-state index contributed by atoms with van der Waals surface area (Å²) in [4.78, 5) is 8.34. The predicted octanol–water partition coefficient (Wildman–Crippen LogP) is 2.53. The second-order valence-corrected chi connectivity index (χ2v) is 3.66. The van der Waals surface area contributed by atoms with Crippen molar-refractivity contribution in [3.8, 4) is 22.5 Å². The van der Waals surface area contributed by atoms with Gasteiger partial charge in [0.1, 0.15) is 6.33 Å². The Bertz CT molecular complexity index is 602. The highest BCUT2D eigenvalue weighted by atomic mass is 15.2. The molecule has 3 aromatic rings. The number of benzene rings is 1. The largest absolute Gasteiger partial charge is 0.263 e. The highest BCUT2D eigenvalue weighted by molar-refractivity contribution is 5.68. The van der Waals surface area contributed by atoms with Crippen LogP contribution >= 0.6 is 0 Å². The minimum Gasteiger partial charge on any atom is -0.263 e. The number of H-pyrrole nitrogens is 1. The Morgan fingerprint density at radius 3 is 2.47 bits per heavy atom. The van der Waals surface area contributed by atoms with Crippen LogP contribution in [0, 0.1) is 0 Å². The van der Waals surface area contributed by atoms with Crippen molar-refractivity contribution in [2.24, 2.45) is 0 Å². The molecule has 0 aliphatic rings. The van der Waals surface area contributed by atoms with Crippen molar-refractivity contribution in [1.82, 2.24) is 20.2 Å². The number of hydrogen-bond donors (Lipinski definition) is 1. The molecule has 0 fully saturated rings. The molecule has 0 spiro atoms. The normalized spacial score (nSPS) is 10.4. The number of nitrogens with one attached hydrogen (secondary N) is 1. The second kappa shape index (κ2) is 4.17. The van der Waals surface area contributed by atoms with Crippen molar-refractivity contribution >= 4 is 0 Å². The summed E-state index contributed by atoms with van der Waals surface area (Å²) in [6, 6.07) is 12.2. The Morgan fingerprint density at radius 1 is 0.882 bits per heavy atom. The van der Waals surface area contributed by atoms with E-state index in [4.69, 9.17) is 0 Å². The molecule has 0 bridgehead atoms. The van der Waals surface area contributed by atoms with Crippen LogP contribution in [0.3, 0.4) is 0 Å². The zero-order valence-corrected chi connectivity index (χ0v) is 9.04. The summed E-state index contributed by atoms with van der Waals surface area (Å²) in [5.74, 6) is 0.732. The highest BCUT2D eigenvalue weighted by Gasteiger charge is 2.03. The molecule has 1 N–H and O–H groups in total. The van der Waals surface area contributed by atoms with E-state index in [9.17, 15) is 0 Å². The van der Waals surface area contributed by atoms with E-state index in [1.54, 1.807) is 6.20 Å². The van der Waals surface area contributed by atoms with Crippen LogP contribution in [-0.4, -0.2) is 20.2 Å². The molecule has 0 aliphatic carbocycles. The van der Waals surface area contributed by atoms with Gasteiger partial charge in [0, 0.05) is 23.5 Å². The summed E-state index contributed by atoms with van der Waals surface area (Å²) >= 11 is 0. The summed E-state index contributed by atoms with van der Waals surface area (Å²) in [7, 11) is 0. The van der Waals surface area contributed by atoms with Gasteiger partial charge in [0.25, 0.3) is 0 Å². The van der Waals surface area contributed by atoms with E-state index in [2.05, 4.69) is 32.3 Å². The van der Waals surface area contributed by atoms with Crippen molar-refractivity contribution in [3.05, 3.63) is 55.1 Å². The number of aromatic amines is 1. The lowest BCUT2D eigenvalue weighted by molar-refractivity contribution is 1.09. The number of pyridine rings is 1. The molecule has 0 saturated heterocycles. The van der Waals surface area contributed by atoms with E-state index in [1.165, 1.54) is 6.33 Å². The van der Waals surface area contributed by atoms with Gasteiger partial charge in [0.2, 0.25) is 0 Å².